The third-order valence-corrected chi connectivity index (χ3v) is 2.72. The molecule has 0 fully saturated rings. The van der Waals surface area contributed by atoms with Gasteiger partial charge in [0.15, 0.2) is 5.78 Å². The van der Waals surface area contributed by atoms with E-state index in [1.807, 2.05) is 25.1 Å². The van der Waals surface area contributed by atoms with Gasteiger partial charge in [0.1, 0.15) is 6.26 Å². The van der Waals surface area contributed by atoms with Crippen molar-refractivity contribution in [1.29, 1.82) is 0 Å². The lowest BCUT2D eigenvalue weighted by Crippen LogP contribution is -2.02. The largest absolute Gasteiger partial charge is 0.472 e. The summed E-state index contributed by atoms with van der Waals surface area (Å²) in [4.78, 5) is 12.0. The maximum atomic E-state index is 12.0. The first-order valence-corrected chi connectivity index (χ1v) is 5.31. The molecule has 0 N–H and O–H groups in total. The van der Waals surface area contributed by atoms with Gasteiger partial charge in [-0.05, 0) is 30.7 Å². The predicted molar refractivity (Wildman–Crippen MR) is 61.0 cm³/mol. The summed E-state index contributed by atoms with van der Waals surface area (Å²) in [6, 6.07) is 7.33. The number of carbonyl (C=O) groups is 1. The molecule has 0 atom stereocenters. The number of hydrogen-bond acceptors (Lipinski definition) is 2. The van der Waals surface area contributed by atoms with Crippen LogP contribution in [0.4, 0.5) is 0 Å². The van der Waals surface area contributed by atoms with Crippen LogP contribution in [0.15, 0.2) is 45.7 Å². The predicted octanol–water partition coefficient (Wildman–Crippen LogP) is 3.58. The highest BCUT2D eigenvalue weighted by Gasteiger charge is 2.12. The van der Waals surface area contributed by atoms with Crippen LogP contribution < -0.4 is 0 Å². The van der Waals surface area contributed by atoms with E-state index in [1.54, 1.807) is 6.07 Å². The molecule has 2 rings (SSSR count). The minimum absolute atomic E-state index is 0.0115. The van der Waals surface area contributed by atoms with E-state index >= 15 is 0 Å². The van der Waals surface area contributed by atoms with Crippen LogP contribution in [0.2, 0.25) is 0 Å². The van der Waals surface area contributed by atoms with Gasteiger partial charge in [0.2, 0.25) is 0 Å². The molecule has 0 saturated heterocycles. The normalized spacial score (nSPS) is 10.3. The van der Waals surface area contributed by atoms with Crippen LogP contribution in [0.25, 0.3) is 0 Å². The van der Waals surface area contributed by atoms with Crippen LogP contribution in [0.3, 0.4) is 0 Å². The summed E-state index contributed by atoms with van der Waals surface area (Å²) < 4.78 is 5.80. The fourth-order valence-corrected chi connectivity index (χ4v) is 1.75. The Balaban J connectivity index is 2.46. The van der Waals surface area contributed by atoms with Crippen molar-refractivity contribution in [2.45, 2.75) is 6.92 Å². The van der Waals surface area contributed by atoms with Crippen molar-refractivity contribution in [3.8, 4) is 0 Å². The fourth-order valence-electron chi connectivity index (χ4n) is 1.39. The average Bonchev–Trinajstić information content (AvgIpc) is 2.74. The Morgan fingerprint density at radius 2 is 2.13 bits per heavy atom. The second kappa shape index (κ2) is 4.03. The number of ketones is 1. The quantitative estimate of drug-likeness (QED) is 0.777. The summed E-state index contributed by atoms with van der Waals surface area (Å²) in [6.07, 6.45) is 2.96. The molecule has 1 aromatic carbocycles. The smallest absolute Gasteiger partial charge is 0.196 e. The maximum absolute atomic E-state index is 12.0. The maximum Gasteiger partial charge on any atom is 0.196 e. The molecule has 0 unspecified atom stereocenters. The first-order valence-electron chi connectivity index (χ1n) is 4.51. The van der Waals surface area contributed by atoms with E-state index < -0.39 is 0 Å². The lowest BCUT2D eigenvalue weighted by Gasteiger charge is -2.03. The van der Waals surface area contributed by atoms with Gasteiger partial charge in [-0.25, -0.2) is 0 Å². The summed E-state index contributed by atoms with van der Waals surface area (Å²) in [7, 11) is 0. The van der Waals surface area contributed by atoms with E-state index in [0.717, 1.165) is 10.0 Å². The van der Waals surface area contributed by atoms with Crippen molar-refractivity contribution < 1.29 is 9.21 Å². The molecule has 3 heteroatoms. The van der Waals surface area contributed by atoms with E-state index in [0.29, 0.717) is 11.1 Å². The number of halogens is 1. The van der Waals surface area contributed by atoms with Crippen LogP contribution in [0.5, 0.6) is 0 Å². The van der Waals surface area contributed by atoms with Gasteiger partial charge in [0.25, 0.3) is 0 Å². The molecule has 0 saturated carbocycles. The molecular weight excluding hydrogens is 256 g/mol. The summed E-state index contributed by atoms with van der Waals surface area (Å²) in [6.45, 7) is 1.92. The third kappa shape index (κ3) is 2.02. The molecule has 1 aromatic heterocycles. The summed E-state index contributed by atoms with van der Waals surface area (Å²) in [5.41, 5.74) is 2.24. The highest BCUT2D eigenvalue weighted by Crippen LogP contribution is 2.19. The van der Waals surface area contributed by atoms with Gasteiger partial charge in [-0.15, -0.1) is 0 Å². The lowest BCUT2D eigenvalue weighted by molar-refractivity contribution is 0.103. The van der Waals surface area contributed by atoms with Crippen LogP contribution in [-0.4, -0.2) is 5.78 Å². The van der Waals surface area contributed by atoms with E-state index in [4.69, 9.17) is 4.42 Å². The van der Waals surface area contributed by atoms with E-state index in [1.165, 1.54) is 12.5 Å². The first kappa shape index (κ1) is 10.2. The molecule has 2 nitrogen and oxygen atoms in total. The Kier molecular flexibility index (Phi) is 2.73. The van der Waals surface area contributed by atoms with Crippen molar-refractivity contribution in [3.63, 3.8) is 0 Å². The fraction of sp³-hybridized carbons (Fsp3) is 0.0833. The minimum Gasteiger partial charge on any atom is -0.472 e. The number of rotatable bonds is 2. The zero-order valence-electron chi connectivity index (χ0n) is 8.16. The number of furan rings is 1. The highest BCUT2D eigenvalue weighted by atomic mass is 79.9. The molecule has 0 bridgehead atoms. The molecule has 0 aliphatic rings. The van der Waals surface area contributed by atoms with Gasteiger partial charge >= 0.3 is 0 Å². The number of benzene rings is 1. The van der Waals surface area contributed by atoms with Crippen LogP contribution in [0, 0.1) is 6.92 Å². The van der Waals surface area contributed by atoms with Crippen molar-refractivity contribution in [2.24, 2.45) is 0 Å². The zero-order valence-corrected chi connectivity index (χ0v) is 9.74. The molecule has 76 valence electrons. The van der Waals surface area contributed by atoms with Gasteiger partial charge in [-0.2, -0.15) is 0 Å². The zero-order chi connectivity index (χ0) is 10.8. The van der Waals surface area contributed by atoms with E-state index in [2.05, 4.69) is 15.9 Å². The first-order chi connectivity index (χ1) is 7.18. The number of carbonyl (C=O) groups excluding carboxylic acids is 1. The lowest BCUT2D eigenvalue weighted by atomic mass is 10.0. The Labute approximate surface area is 96.0 Å². The van der Waals surface area contributed by atoms with Crippen molar-refractivity contribution >= 4 is 21.7 Å². The second-order valence-electron chi connectivity index (χ2n) is 3.30. The van der Waals surface area contributed by atoms with Gasteiger partial charge in [-0.1, -0.05) is 22.0 Å². The topological polar surface area (TPSA) is 30.2 Å². The van der Waals surface area contributed by atoms with Gasteiger partial charge in [-0.3, -0.25) is 4.79 Å². The SMILES string of the molecule is Cc1ccc(Br)cc1C(=O)c1ccoc1. The van der Waals surface area contributed by atoms with Gasteiger partial charge < -0.3 is 4.42 Å². The standard InChI is InChI=1S/C12H9BrO2/c1-8-2-3-10(13)6-11(8)12(14)9-4-5-15-7-9/h2-7H,1H3. The number of aryl methyl sites for hydroxylation is 1. The molecular formula is C12H9BrO2. The van der Waals surface area contributed by atoms with Crippen molar-refractivity contribution in [3.05, 3.63) is 58.0 Å². The monoisotopic (exact) mass is 264 g/mol. The van der Waals surface area contributed by atoms with Gasteiger partial charge in [0, 0.05) is 10.0 Å². The van der Waals surface area contributed by atoms with Gasteiger partial charge in [0.05, 0.1) is 11.8 Å². The molecule has 2 aromatic rings. The molecule has 1 heterocycles. The van der Waals surface area contributed by atoms with Crippen molar-refractivity contribution in [1.82, 2.24) is 0 Å². The summed E-state index contributed by atoms with van der Waals surface area (Å²) in [5.74, 6) is -0.0115. The average molecular weight is 265 g/mol. The Morgan fingerprint density at radius 1 is 1.33 bits per heavy atom. The van der Waals surface area contributed by atoms with Crippen LogP contribution in [-0.2, 0) is 0 Å². The van der Waals surface area contributed by atoms with Crippen LogP contribution in [0.1, 0.15) is 21.5 Å². The van der Waals surface area contributed by atoms with Crippen molar-refractivity contribution in [2.75, 3.05) is 0 Å². The summed E-state index contributed by atoms with van der Waals surface area (Å²) in [5, 5.41) is 0. The van der Waals surface area contributed by atoms with E-state index in [9.17, 15) is 4.79 Å². The minimum atomic E-state index is -0.0115. The highest BCUT2D eigenvalue weighted by molar-refractivity contribution is 9.10. The second-order valence-corrected chi connectivity index (χ2v) is 4.22. The molecule has 0 radical (unpaired) electrons. The Hall–Kier alpha value is -1.35. The number of hydrogen-bond donors (Lipinski definition) is 0. The molecule has 0 aliphatic carbocycles. The summed E-state index contributed by atoms with van der Waals surface area (Å²) >= 11 is 3.35. The molecule has 0 aliphatic heterocycles. The molecule has 15 heavy (non-hydrogen) atoms. The third-order valence-electron chi connectivity index (χ3n) is 2.23. The molecule has 0 amide bonds. The Morgan fingerprint density at radius 3 is 2.80 bits per heavy atom. The van der Waals surface area contributed by atoms with Crippen LogP contribution >= 0.6 is 15.9 Å². The Bertz CT molecular complexity index is 486. The van der Waals surface area contributed by atoms with E-state index in [-0.39, 0.29) is 5.78 Å². The molecule has 0 spiro atoms.